The van der Waals surface area contributed by atoms with Crippen LogP contribution in [0.4, 0.5) is 5.13 Å². The smallest absolute Gasteiger partial charge is 0.202 e. The van der Waals surface area contributed by atoms with Crippen molar-refractivity contribution < 1.29 is 5.11 Å². The van der Waals surface area contributed by atoms with Crippen molar-refractivity contribution in [3.8, 4) is 0 Å². The van der Waals surface area contributed by atoms with Gasteiger partial charge in [0.1, 0.15) is 5.82 Å². The molecule has 4 nitrogen and oxygen atoms in total. The third kappa shape index (κ3) is 3.28. The van der Waals surface area contributed by atoms with Crippen LogP contribution >= 0.6 is 11.5 Å². The molecule has 5 heteroatoms. The lowest BCUT2D eigenvalue weighted by molar-refractivity contribution is 0.0697. The summed E-state index contributed by atoms with van der Waals surface area (Å²) < 4.78 is 4.03. The second kappa shape index (κ2) is 4.02. The SMILES string of the molecule is CCC(C)(O)CNc1nc(C)ns1. The quantitative estimate of drug-likeness (QED) is 0.773. The maximum atomic E-state index is 9.69. The molecule has 1 aromatic rings. The summed E-state index contributed by atoms with van der Waals surface area (Å²) in [5.74, 6) is 0.767. The molecular formula is C8H15N3OS. The van der Waals surface area contributed by atoms with E-state index in [1.807, 2.05) is 13.8 Å². The molecule has 1 heterocycles. The Morgan fingerprint density at radius 3 is 2.77 bits per heavy atom. The fraction of sp³-hybridized carbons (Fsp3) is 0.750. The molecule has 0 saturated heterocycles. The monoisotopic (exact) mass is 201 g/mol. The van der Waals surface area contributed by atoms with Crippen LogP contribution in [0, 0.1) is 6.92 Å². The average Bonchev–Trinajstić information content (AvgIpc) is 2.48. The minimum absolute atomic E-state index is 0.512. The maximum absolute atomic E-state index is 9.69. The van der Waals surface area contributed by atoms with Gasteiger partial charge in [-0.3, -0.25) is 0 Å². The van der Waals surface area contributed by atoms with Gasteiger partial charge in [0.25, 0.3) is 0 Å². The summed E-state index contributed by atoms with van der Waals surface area (Å²) in [6, 6.07) is 0. The Morgan fingerprint density at radius 1 is 1.62 bits per heavy atom. The van der Waals surface area contributed by atoms with Crippen molar-refractivity contribution in [2.45, 2.75) is 32.8 Å². The lowest BCUT2D eigenvalue weighted by Crippen LogP contribution is -2.32. The molecule has 74 valence electrons. The van der Waals surface area contributed by atoms with Gasteiger partial charge in [-0.25, -0.2) is 4.98 Å². The Hall–Kier alpha value is -0.680. The Kier molecular flexibility index (Phi) is 3.22. The first kappa shape index (κ1) is 10.4. The molecule has 1 atom stereocenters. The van der Waals surface area contributed by atoms with Gasteiger partial charge in [0.2, 0.25) is 5.13 Å². The molecule has 0 spiro atoms. The highest BCUT2D eigenvalue weighted by molar-refractivity contribution is 7.09. The Balaban J connectivity index is 2.43. The van der Waals surface area contributed by atoms with Crippen LogP contribution < -0.4 is 5.32 Å². The zero-order valence-corrected chi connectivity index (χ0v) is 8.98. The number of nitrogens with zero attached hydrogens (tertiary/aromatic N) is 2. The lowest BCUT2D eigenvalue weighted by Gasteiger charge is -2.20. The first-order valence-corrected chi connectivity index (χ1v) is 5.07. The van der Waals surface area contributed by atoms with E-state index in [9.17, 15) is 5.11 Å². The number of hydrogen-bond donors (Lipinski definition) is 2. The molecule has 2 N–H and O–H groups in total. The Bertz CT molecular complexity index is 272. The third-order valence-electron chi connectivity index (χ3n) is 1.91. The van der Waals surface area contributed by atoms with Crippen LogP contribution in [-0.4, -0.2) is 26.6 Å². The van der Waals surface area contributed by atoms with E-state index < -0.39 is 5.60 Å². The van der Waals surface area contributed by atoms with Gasteiger partial charge in [-0.15, -0.1) is 0 Å². The minimum Gasteiger partial charge on any atom is -0.388 e. The van der Waals surface area contributed by atoms with Gasteiger partial charge in [-0.2, -0.15) is 4.37 Å². The summed E-state index contributed by atoms with van der Waals surface area (Å²) in [6.45, 7) is 6.11. The summed E-state index contributed by atoms with van der Waals surface area (Å²) in [5.41, 5.74) is -0.667. The van der Waals surface area contributed by atoms with Crippen LogP contribution in [-0.2, 0) is 0 Å². The summed E-state index contributed by atoms with van der Waals surface area (Å²) >= 11 is 1.32. The molecule has 0 radical (unpaired) electrons. The van der Waals surface area contributed by atoms with E-state index in [0.717, 1.165) is 17.4 Å². The molecule has 0 aliphatic rings. The van der Waals surface area contributed by atoms with Crippen molar-refractivity contribution in [2.75, 3.05) is 11.9 Å². The molecule has 0 bridgehead atoms. The first-order valence-electron chi connectivity index (χ1n) is 4.30. The van der Waals surface area contributed by atoms with Gasteiger partial charge in [-0.05, 0) is 20.3 Å². The number of anilines is 1. The van der Waals surface area contributed by atoms with Gasteiger partial charge >= 0.3 is 0 Å². The zero-order chi connectivity index (χ0) is 9.90. The van der Waals surface area contributed by atoms with Crippen molar-refractivity contribution in [1.82, 2.24) is 9.36 Å². The molecular weight excluding hydrogens is 186 g/mol. The molecule has 13 heavy (non-hydrogen) atoms. The van der Waals surface area contributed by atoms with Gasteiger partial charge in [0.05, 0.1) is 5.60 Å². The summed E-state index contributed by atoms with van der Waals surface area (Å²) in [5, 5.41) is 13.5. The van der Waals surface area contributed by atoms with Crippen LogP contribution in [0.25, 0.3) is 0 Å². The molecule has 0 amide bonds. The van der Waals surface area contributed by atoms with Crippen LogP contribution in [0.15, 0.2) is 0 Å². The number of nitrogens with one attached hydrogen (secondary N) is 1. The van der Waals surface area contributed by atoms with Crippen molar-refractivity contribution in [2.24, 2.45) is 0 Å². The van der Waals surface area contributed by atoms with E-state index in [2.05, 4.69) is 14.7 Å². The second-order valence-corrected chi connectivity index (χ2v) is 4.10. The minimum atomic E-state index is -0.667. The van der Waals surface area contributed by atoms with Gasteiger partial charge in [0, 0.05) is 18.1 Å². The molecule has 0 aromatic carbocycles. The van der Waals surface area contributed by atoms with E-state index in [1.165, 1.54) is 11.5 Å². The van der Waals surface area contributed by atoms with Crippen LogP contribution in [0.5, 0.6) is 0 Å². The maximum Gasteiger partial charge on any atom is 0.202 e. The molecule has 1 rings (SSSR count). The molecule has 0 fully saturated rings. The number of hydrogen-bond acceptors (Lipinski definition) is 5. The Morgan fingerprint density at radius 2 is 2.31 bits per heavy atom. The number of aryl methyl sites for hydroxylation is 1. The van der Waals surface area contributed by atoms with Crippen LogP contribution in [0.2, 0.25) is 0 Å². The second-order valence-electron chi connectivity index (χ2n) is 3.35. The van der Waals surface area contributed by atoms with Crippen LogP contribution in [0.1, 0.15) is 26.1 Å². The fourth-order valence-electron chi connectivity index (χ4n) is 0.760. The third-order valence-corrected chi connectivity index (χ3v) is 2.67. The molecule has 0 saturated carbocycles. The van der Waals surface area contributed by atoms with Gasteiger partial charge in [-0.1, -0.05) is 6.92 Å². The molecule has 0 aliphatic heterocycles. The van der Waals surface area contributed by atoms with Crippen molar-refractivity contribution in [3.63, 3.8) is 0 Å². The molecule has 1 aromatic heterocycles. The van der Waals surface area contributed by atoms with Gasteiger partial charge < -0.3 is 10.4 Å². The predicted octanol–water partition coefficient (Wildman–Crippen LogP) is 1.42. The van der Waals surface area contributed by atoms with E-state index >= 15 is 0 Å². The molecule has 1 unspecified atom stereocenters. The number of aliphatic hydroxyl groups is 1. The summed E-state index contributed by atoms with van der Waals surface area (Å²) in [6.07, 6.45) is 0.720. The lowest BCUT2D eigenvalue weighted by atomic mass is 10.0. The standard InChI is InChI=1S/C8H15N3OS/c1-4-8(3,12)5-9-7-10-6(2)11-13-7/h12H,4-5H2,1-3H3,(H,9,10,11). The first-order chi connectivity index (χ1) is 6.03. The zero-order valence-electron chi connectivity index (χ0n) is 8.16. The largest absolute Gasteiger partial charge is 0.388 e. The van der Waals surface area contributed by atoms with E-state index in [-0.39, 0.29) is 0 Å². The normalized spacial score (nSPS) is 15.4. The van der Waals surface area contributed by atoms with Crippen molar-refractivity contribution >= 4 is 16.7 Å². The summed E-state index contributed by atoms with van der Waals surface area (Å²) in [4.78, 5) is 4.13. The number of rotatable bonds is 4. The highest BCUT2D eigenvalue weighted by Gasteiger charge is 2.17. The average molecular weight is 201 g/mol. The highest BCUT2D eigenvalue weighted by Crippen LogP contribution is 2.13. The topological polar surface area (TPSA) is 58.0 Å². The fourth-order valence-corrected chi connectivity index (χ4v) is 1.33. The summed E-state index contributed by atoms with van der Waals surface area (Å²) in [7, 11) is 0. The van der Waals surface area contributed by atoms with Crippen molar-refractivity contribution in [1.29, 1.82) is 0 Å². The van der Waals surface area contributed by atoms with Crippen LogP contribution in [0.3, 0.4) is 0 Å². The molecule has 0 aliphatic carbocycles. The highest BCUT2D eigenvalue weighted by atomic mass is 32.1. The van der Waals surface area contributed by atoms with Crippen molar-refractivity contribution in [3.05, 3.63) is 5.82 Å². The van der Waals surface area contributed by atoms with E-state index in [1.54, 1.807) is 6.92 Å². The Labute approximate surface area is 82.2 Å². The van der Waals surface area contributed by atoms with E-state index in [4.69, 9.17) is 0 Å². The number of aromatic nitrogens is 2. The van der Waals surface area contributed by atoms with Gasteiger partial charge in [0.15, 0.2) is 0 Å². The van der Waals surface area contributed by atoms with E-state index in [0.29, 0.717) is 6.54 Å². The predicted molar refractivity (Wildman–Crippen MR) is 54.1 cm³/mol.